The van der Waals surface area contributed by atoms with Gasteiger partial charge in [0.2, 0.25) is 12.7 Å². The van der Waals surface area contributed by atoms with Crippen LogP contribution in [0.5, 0.6) is 11.5 Å². The number of ether oxygens (including phenoxy) is 3. The van der Waals surface area contributed by atoms with Crippen molar-refractivity contribution in [1.29, 1.82) is 0 Å². The van der Waals surface area contributed by atoms with Crippen molar-refractivity contribution in [1.82, 2.24) is 9.80 Å². The smallest absolute Gasteiger partial charge is 0.250 e. The second kappa shape index (κ2) is 8.31. The van der Waals surface area contributed by atoms with Crippen LogP contribution in [-0.2, 0) is 20.9 Å². The lowest BCUT2D eigenvalue weighted by Gasteiger charge is -2.34. The molecule has 0 radical (unpaired) electrons. The minimum absolute atomic E-state index is 0.0808. The minimum Gasteiger partial charge on any atom is -0.454 e. The quantitative estimate of drug-likeness (QED) is 0.723. The third-order valence-electron chi connectivity index (χ3n) is 6.45. The Hall–Kier alpha value is -3.32. The van der Waals surface area contributed by atoms with Crippen molar-refractivity contribution in [2.45, 2.75) is 31.5 Å². The lowest BCUT2D eigenvalue weighted by Crippen LogP contribution is -2.46. The van der Waals surface area contributed by atoms with E-state index in [-0.39, 0.29) is 37.8 Å². The van der Waals surface area contributed by atoms with Crippen LogP contribution >= 0.6 is 0 Å². The van der Waals surface area contributed by atoms with Gasteiger partial charge in [0.15, 0.2) is 11.5 Å². The van der Waals surface area contributed by atoms with Gasteiger partial charge in [0, 0.05) is 20.2 Å². The fraction of sp³-hybridized carbons (Fsp3) is 0.360. The maximum absolute atomic E-state index is 14.0. The zero-order valence-electron chi connectivity index (χ0n) is 18.1. The number of methoxy groups -OCH3 is 1. The van der Waals surface area contributed by atoms with E-state index in [0.717, 1.165) is 35.1 Å². The molecule has 0 spiro atoms. The van der Waals surface area contributed by atoms with Gasteiger partial charge in [-0.05, 0) is 47.2 Å². The van der Waals surface area contributed by atoms with E-state index in [4.69, 9.17) is 14.2 Å². The zero-order chi connectivity index (χ0) is 22.2. The zero-order valence-corrected chi connectivity index (χ0v) is 18.1. The second-order valence-electron chi connectivity index (χ2n) is 8.35. The Balaban J connectivity index is 1.66. The van der Waals surface area contributed by atoms with Crippen LogP contribution in [-0.4, -0.2) is 54.7 Å². The Bertz CT molecular complexity index is 1070. The Kier molecular flexibility index (Phi) is 5.35. The third-order valence-corrected chi connectivity index (χ3v) is 6.45. The molecule has 3 aliphatic heterocycles. The first-order valence-electron chi connectivity index (χ1n) is 10.8. The van der Waals surface area contributed by atoms with Crippen molar-refractivity contribution in [3.05, 3.63) is 65.7 Å². The highest BCUT2D eigenvalue weighted by Gasteiger charge is 2.44. The monoisotopic (exact) mass is 434 g/mol. The molecule has 1 saturated heterocycles. The molecule has 0 N–H and O–H groups in total. The normalized spacial score (nSPS) is 21.2. The molecule has 7 nitrogen and oxygen atoms in total. The molecule has 0 saturated carbocycles. The van der Waals surface area contributed by atoms with Crippen LogP contribution in [0.25, 0.3) is 5.57 Å². The average molecular weight is 434 g/mol. The molecule has 7 heteroatoms. The van der Waals surface area contributed by atoms with Crippen molar-refractivity contribution in [2.24, 2.45) is 0 Å². The van der Waals surface area contributed by atoms with Crippen molar-refractivity contribution in [3.63, 3.8) is 0 Å². The summed E-state index contributed by atoms with van der Waals surface area (Å²) in [4.78, 5) is 30.7. The van der Waals surface area contributed by atoms with Gasteiger partial charge in [0.05, 0.1) is 6.04 Å². The first kappa shape index (κ1) is 20.6. The molecular formula is C25H26N2O5. The summed E-state index contributed by atoms with van der Waals surface area (Å²) in [5, 5.41) is 0. The molecule has 166 valence electrons. The van der Waals surface area contributed by atoms with E-state index in [1.54, 1.807) is 4.90 Å². The SMILES string of the molecule is C=C1c2cc3c(cc2[C@H](N(Cc2ccccc2)C(=O)COC)C(=O)N2CCC[C@H]12)OCO3. The predicted molar refractivity (Wildman–Crippen MR) is 118 cm³/mol. The van der Waals surface area contributed by atoms with Crippen LogP contribution in [0, 0.1) is 0 Å². The van der Waals surface area contributed by atoms with Crippen LogP contribution in [0.4, 0.5) is 0 Å². The van der Waals surface area contributed by atoms with Crippen molar-refractivity contribution in [3.8, 4) is 11.5 Å². The number of amides is 2. The van der Waals surface area contributed by atoms with E-state index in [0.29, 0.717) is 18.0 Å². The van der Waals surface area contributed by atoms with Gasteiger partial charge >= 0.3 is 0 Å². The van der Waals surface area contributed by atoms with Crippen LogP contribution in [0.2, 0.25) is 0 Å². The molecule has 32 heavy (non-hydrogen) atoms. The highest BCUT2D eigenvalue weighted by atomic mass is 16.7. The van der Waals surface area contributed by atoms with Crippen LogP contribution < -0.4 is 9.47 Å². The summed E-state index contributed by atoms with van der Waals surface area (Å²) in [7, 11) is 1.48. The van der Waals surface area contributed by atoms with Crippen molar-refractivity contribution in [2.75, 3.05) is 27.1 Å². The van der Waals surface area contributed by atoms with Gasteiger partial charge in [-0.2, -0.15) is 0 Å². The fourth-order valence-corrected chi connectivity index (χ4v) is 4.94. The largest absolute Gasteiger partial charge is 0.454 e. The molecule has 2 aromatic carbocycles. The molecule has 3 heterocycles. The number of hydrogen-bond donors (Lipinski definition) is 0. The number of nitrogens with zero attached hydrogens (tertiary/aromatic N) is 2. The van der Waals surface area contributed by atoms with Gasteiger partial charge in [-0.3, -0.25) is 9.59 Å². The number of hydrogen-bond acceptors (Lipinski definition) is 5. The minimum atomic E-state index is -0.804. The number of carbonyl (C=O) groups excluding carboxylic acids is 2. The van der Waals surface area contributed by atoms with E-state index in [1.165, 1.54) is 7.11 Å². The first-order chi connectivity index (χ1) is 15.6. The first-order valence-corrected chi connectivity index (χ1v) is 10.8. The molecule has 3 aliphatic rings. The van der Waals surface area contributed by atoms with Gasteiger partial charge in [-0.1, -0.05) is 36.9 Å². The lowest BCUT2D eigenvalue weighted by molar-refractivity contribution is -0.148. The molecule has 0 aliphatic carbocycles. The lowest BCUT2D eigenvalue weighted by atomic mass is 9.91. The molecule has 2 atom stereocenters. The Labute approximate surface area is 187 Å². The van der Waals surface area contributed by atoms with E-state index in [1.807, 2.05) is 47.4 Å². The molecule has 2 amide bonds. The Morgan fingerprint density at radius 2 is 1.97 bits per heavy atom. The van der Waals surface area contributed by atoms with E-state index in [2.05, 4.69) is 6.58 Å². The van der Waals surface area contributed by atoms with Gasteiger partial charge < -0.3 is 24.0 Å². The highest BCUT2D eigenvalue weighted by Crippen LogP contribution is 2.46. The summed E-state index contributed by atoms with van der Waals surface area (Å²) < 4.78 is 16.4. The molecule has 0 aromatic heterocycles. The van der Waals surface area contributed by atoms with Crippen LogP contribution in [0.15, 0.2) is 49.0 Å². The number of benzene rings is 2. The summed E-state index contributed by atoms with van der Waals surface area (Å²) >= 11 is 0. The maximum Gasteiger partial charge on any atom is 0.250 e. The van der Waals surface area contributed by atoms with Crippen LogP contribution in [0.3, 0.4) is 0 Å². The Morgan fingerprint density at radius 3 is 2.72 bits per heavy atom. The summed E-state index contributed by atoms with van der Waals surface area (Å²) in [6, 6.07) is 12.5. The third kappa shape index (κ3) is 3.42. The van der Waals surface area contributed by atoms with E-state index in [9.17, 15) is 9.59 Å². The summed E-state index contributed by atoms with van der Waals surface area (Å²) in [6.45, 7) is 5.32. The molecule has 5 rings (SSSR count). The molecule has 2 aromatic rings. The second-order valence-corrected chi connectivity index (χ2v) is 8.35. The number of carbonyl (C=O) groups is 2. The van der Waals surface area contributed by atoms with Crippen molar-refractivity contribution < 1.29 is 23.8 Å². The van der Waals surface area contributed by atoms with E-state index < -0.39 is 6.04 Å². The highest BCUT2D eigenvalue weighted by molar-refractivity contribution is 5.94. The number of rotatable bonds is 5. The fourth-order valence-electron chi connectivity index (χ4n) is 4.94. The average Bonchev–Trinajstić information content (AvgIpc) is 3.46. The summed E-state index contributed by atoms with van der Waals surface area (Å²) in [5.74, 6) is 0.879. The summed E-state index contributed by atoms with van der Waals surface area (Å²) in [5.41, 5.74) is 3.39. The molecule has 0 bridgehead atoms. The topological polar surface area (TPSA) is 68.3 Å². The number of fused-ring (bicyclic) bond motifs is 3. The molecule has 0 unspecified atom stereocenters. The van der Waals surface area contributed by atoms with Gasteiger partial charge in [0.25, 0.3) is 5.91 Å². The molecular weight excluding hydrogens is 408 g/mol. The van der Waals surface area contributed by atoms with Crippen molar-refractivity contribution >= 4 is 17.4 Å². The van der Waals surface area contributed by atoms with Gasteiger partial charge in [-0.25, -0.2) is 0 Å². The predicted octanol–water partition coefficient (Wildman–Crippen LogP) is 3.15. The molecule has 1 fully saturated rings. The maximum atomic E-state index is 14.0. The standard InChI is InChI=1S/C25H26N2O5/c1-16-18-11-21-22(32-15-31-21)12-19(18)24(25(29)26-10-6-9-20(16)26)27(23(28)14-30-2)13-17-7-4-3-5-8-17/h3-5,7-8,11-12,20,24H,1,6,9-10,13-15H2,2H3/t20-,24+/m1/s1. The summed E-state index contributed by atoms with van der Waals surface area (Å²) in [6.07, 6.45) is 1.77. The van der Waals surface area contributed by atoms with Gasteiger partial charge in [-0.15, -0.1) is 0 Å². The van der Waals surface area contributed by atoms with Crippen LogP contribution in [0.1, 0.15) is 35.6 Å². The Morgan fingerprint density at radius 1 is 1.22 bits per heavy atom. The van der Waals surface area contributed by atoms with E-state index >= 15 is 0 Å². The van der Waals surface area contributed by atoms with Gasteiger partial charge in [0.1, 0.15) is 12.6 Å².